The number of carbonyl (C=O) groups excluding carboxylic acids is 2. The highest BCUT2D eigenvalue weighted by molar-refractivity contribution is 7.07. The number of nitrogens with one attached hydrogen (secondary N) is 1. The van der Waals surface area contributed by atoms with Crippen LogP contribution in [0.2, 0.25) is 0 Å². The van der Waals surface area contributed by atoms with Crippen LogP contribution in [-0.4, -0.2) is 23.1 Å². The summed E-state index contributed by atoms with van der Waals surface area (Å²) in [4.78, 5) is 37.4. The van der Waals surface area contributed by atoms with Crippen molar-refractivity contribution in [2.24, 2.45) is 0 Å². The van der Waals surface area contributed by atoms with Crippen LogP contribution in [0.1, 0.15) is 18.1 Å². The molecule has 9 heteroatoms. The molecule has 1 amide bonds. The number of ether oxygens (including phenoxy) is 1. The molecule has 1 aromatic heterocycles. The average molecular weight is 451 g/mol. The number of hydrogen-bond donors (Lipinski definition) is 1. The molecule has 0 aliphatic carbocycles. The van der Waals surface area contributed by atoms with Crippen LogP contribution < -0.4 is 20.1 Å². The normalized spacial score (nSPS) is 11.8. The van der Waals surface area contributed by atoms with Gasteiger partial charge in [-0.2, -0.15) is 5.26 Å². The standard InChI is InChI=1S/C23H18FN3O4S/c1-2-31-22(29)12-21-27(14-20(28)26-18-5-3-4-17(24)11-18)23(30)19(32-21)10-15-6-8-16(13-25)9-7-15/h3-12H,2,14H2,1H3,(H,26,28)/b19-10-,21-12-. The zero-order valence-electron chi connectivity index (χ0n) is 17.0. The van der Waals surface area contributed by atoms with Crippen LogP contribution >= 0.6 is 11.3 Å². The Hall–Kier alpha value is -4.03. The van der Waals surface area contributed by atoms with E-state index in [1.54, 1.807) is 37.3 Å². The van der Waals surface area contributed by atoms with Gasteiger partial charge in [0.05, 0.1) is 28.8 Å². The molecule has 0 fully saturated rings. The number of amides is 1. The molecule has 0 atom stereocenters. The van der Waals surface area contributed by atoms with Gasteiger partial charge in [-0.25, -0.2) is 9.18 Å². The van der Waals surface area contributed by atoms with Gasteiger partial charge in [-0.15, -0.1) is 11.3 Å². The van der Waals surface area contributed by atoms with Crippen molar-refractivity contribution in [2.45, 2.75) is 13.5 Å². The number of aromatic nitrogens is 1. The Bertz CT molecular complexity index is 1370. The van der Waals surface area contributed by atoms with Gasteiger partial charge in [0, 0.05) is 5.69 Å². The van der Waals surface area contributed by atoms with E-state index in [4.69, 9.17) is 10.00 Å². The lowest BCUT2D eigenvalue weighted by atomic mass is 10.1. The summed E-state index contributed by atoms with van der Waals surface area (Å²) in [5.74, 6) is -1.71. The van der Waals surface area contributed by atoms with E-state index < -0.39 is 23.3 Å². The minimum Gasteiger partial charge on any atom is -0.463 e. The summed E-state index contributed by atoms with van der Waals surface area (Å²) >= 11 is 1.03. The van der Waals surface area contributed by atoms with Gasteiger partial charge < -0.3 is 10.1 Å². The molecule has 0 unspecified atom stereocenters. The van der Waals surface area contributed by atoms with Gasteiger partial charge in [-0.05, 0) is 48.9 Å². The molecular weight excluding hydrogens is 433 g/mol. The molecule has 7 nitrogen and oxygen atoms in total. The molecule has 2 aromatic carbocycles. The van der Waals surface area contributed by atoms with Crippen molar-refractivity contribution in [3.63, 3.8) is 0 Å². The van der Waals surface area contributed by atoms with Crippen LogP contribution in [0.25, 0.3) is 12.2 Å². The van der Waals surface area contributed by atoms with Gasteiger partial charge in [0.1, 0.15) is 17.0 Å². The van der Waals surface area contributed by atoms with Crippen molar-refractivity contribution >= 4 is 41.1 Å². The average Bonchev–Trinajstić information content (AvgIpc) is 3.03. The molecule has 1 heterocycles. The number of anilines is 1. The first-order chi connectivity index (χ1) is 15.4. The van der Waals surface area contributed by atoms with Gasteiger partial charge in [-0.1, -0.05) is 18.2 Å². The lowest BCUT2D eigenvalue weighted by Gasteiger charge is -2.06. The highest BCUT2D eigenvalue weighted by Gasteiger charge is 2.12. The number of halogens is 1. The third-order valence-corrected chi connectivity index (χ3v) is 5.27. The predicted octanol–water partition coefficient (Wildman–Crippen LogP) is 1.73. The first-order valence-corrected chi connectivity index (χ1v) is 10.4. The van der Waals surface area contributed by atoms with Crippen LogP contribution in [0.4, 0.5) is 10.1 Å². The molecule has 32 heavy (non-hydrogen) atoms. The highest BCUT2D eigenvalue weighted by atomic mass is 32.1. The number of nitriles is 1. The van der Waals surface area contributed by atoms with E-state index in [-0.39, 0.29) is 23.5 Å². The van der Waals surface area contributed by atoms with E-state index in [0.29, 0.717) is 15.7 Å². The fraction of sp³-hybridized carbons (Fsp3) is 0.130. The number of thiazole rings is 1. The number of hydrogen-bond acceptors (Lipinski definition) is 6. The number of carbonyl (C=O) groups is 2. The molecule has 0 saturated heterocycles. The van der Waals surface area contributed by atoms with E-state index in [1.165, 1.54) is 18.2 Å². The Morgan fingerprint density at radius 1 is 1.25 bits per heavy atom. The summed E-state index contributed by atoms with van der Waals surface area (Å²) in [6.07, 6.45) is 2.76. The second-order valence-corrected chi connectivity index (χ2v) is 7.59. The molecule has 3 aromatic rings. The topological polar surface area (TPSA) is 101 Å². The SMILES string of the molecule is CCOC(=O)/C=c1\s/c(=C\c2ccc(C#N)cc2)c(=O)n1CC(=O)Nc1cccc(F)c1. The predicted molar refractivity (Wildman–Crippen MR) is 119 cm³/mol. The third-order valence-electron chi connectivity index (χ3n) is 4.21. The van der Waals surface area contributed by atoms with E-state index >= 15 is 0 Å². The van der Waals surface area contributed by atoms with Crippen molar-refractivity contribution < 1.29 is 18.7 Å². The van der Waals surface area contributed by atoms with Crippen molar-refractivity contribution in [1.82, 2.24) is 4.57 Å². The maximum atomic E-state index is 13.4. The Balaban J connectivity index is 2.00. The quantitative estimate of drug-likeness (QED) is 0.576. The van der Waals surface area contributed by atoms with E-state index in [2.05, 4.69) is 5.32 Å². The highest BCUT2D eigenvalue weighted by Crippen LogP contribution is 2.09. The van der Waals surface area contributed by atoms with Gasteiger partial charge in [0.15, 0.2) is 0 Å². The van der Waals surface area contributed by atoms with Crippen LogP contribution in [0.5, 0.6) is 0 Å². The maximum absolute atomic E-state index is 13.4. The molecule has 0 bridgehead atoms. The largest absolute Gasteiger partial charge is 0.463 e. The summed E-state index contributed by atoms with van der Waals surface area (Å²) in [5, 5.41) is 11.4. The Kier molecular flexibility index (Phi) is 7.31. The van der Waals surface area contributed by atoms with Gasteiger partial charge >= 0.3 is 5.97 Å². The maximum Gasteiger partial charge on any atom is 0.333 e. The Morgan fingerprint density at radius 3 is 2.66 bits per heavy atom. The van der Waals surface area contributed by atoms with Crippen LogP contribution in [0.3, 0.4) is 0 Å². The first kappa shape index (κ1) is 22.7. The lowest BCUT2D eigenvalue weighted by molar-refractivity contribution is -0.135. The molecular formula is C23H18FN3O4S. The first-order valence-electron chi connectivity index (χ1n) is 9.55. The molecule has 3 rings (SSSR count). The second-order valence-electron chi connectivity index (χ2n) is 6.53. The molecule has 162 valence electrons. The zero-order chi connectivity index (χ0) is 23.1. The van der Waals surface area contributed by atoms with E-state index in [0.717, 1.165) is 28.0 Å². The molecule has 0 aliphatic heterocycles. The molecule has 1 N–H and O–H groups in total. The number of esters is 1. The summed E-state index contributed by atoms with van der Waals surface area (Å²) in [6.45, 7) is 1.44. The number of rotatable bonds is 6. The van der Waals surface area contributed by atoms with Crippen molar-refractivity contribution in [3.05, 3.63) is 85.0 Å². The third kappa shape index (κ3) is 5.77. The van der Waals surface area contributed by atoms with Crippen molar-refractivity contribution in [2.75, 3.05) is 11.9 Å². The Morgan fingerprint density at radius 2 is 2.00 bits per heavy atom. The lowest BCUT2D eigenvalue weighted by Crippen LogP contribution is -2.36. The summed E-state index contributed by atoms with van der Waals surface area (Å²) in [5.41, 5.74) is 0.945. The van der Waals surface area contributed by atoms with Crippen LogP contribution in [-0.2, 0) is 20.9 Å². The fourth-order valence-electron chi connectivity index (χ4n) is 2.79. The van der Waals surface area contributed by atoms with Crippen molar-refractivity contribution in [3.8, 4) is 6.07 Å². The molecule has 0 spiro atoms. The van der Waals surface area contributed by atoms with Gasteiger partial charge in [0.2, 0.25) is 5.91 Å². The smallest absolute Gasteiger partial charge is 0.333 e. The molecule has 0 saturated carbocycles. The molecule has 0 aliphatic rings. The van der Waals surface area contributed by atoms with Crippen LogP contribution in [0, 0.1) is 17.1 Å². The fourth-order valence-corrected chi connectivity index (χ4v) is 3.82. The van der Waals surface area contributed by atoms with Crippen molar-refractivity contribution in [1.29, 1.82) is 5.26 Å². The Labute approximate surface area is 186 Å². The van der Waals surface area contributed by atoms with E-state index in [1.807, 2.05) is 6.07 Å². The summed E-state index contributed by atoms with van der Waals surface area (Å²) < 4.78 is 20.0. The molecule has 0 radical (unpaired) electrons. The van der Waals surface area contributed by atoms with Gasteiger partial charge in [0.25, 0.3) is 5.56 Å². The zero-order valence-corrected chi connectivity index (χ0v) is 17.8. The minimum atomic E-state index is -0.641. The van der Waals surface area contributed by atoms with Gasteiger partial charge in [-0.3, -0.25) is 14.2 Å². The minimum absolute atomic E-state index is 0.162. The monoisotopic (exact) mass is 451 g/mol. The summed E-state index contributed by atoms with van der Waals surface area (Å²) in [6, 6.07) is 14.0. The second kappa shape index (κ2) is 10.3. The summed E-state index contributed by atoms with van der Waals surface area (Å²) in [7, 11) is 0. The number of benzene rings is 2. The van der Waals surface area contributed by atoms with E-state index in [9.17, 15) is 18.8 Å². The van der Waals surface area contributed by atoms with Crippen LogP contribution in [0.15, 0.2) is 53.3 Å². The number of nitrogens with zero attached hydrogens (tertiary/aromatic N) is 2.